The Morgan fingerprint density at radius 3 is 2.56 bits per heavy atom. The maximum Gasteiger partial charge on any atom is 0.416 e. The highest BCUT2D eigenvalue weighted by molar-refractivity contribution is 8.15. The zero-order chi connectivity index (χ0) is 19.6. The van der Waals surface area contributed by atoms with Crippen molar-refractivity contribution in [3.63, 3.8) is 0 Å². The van der Waals surface area contributed by atoms with Crippen LogP contribution in [0.15, 0.2) is 53.5 Å². The Morgan fingerprint density at radius 2 is 1.89 bits per heavy atom. The molecule has 1 atom stereocenters. The van der Waals surface area contributed by atoms with E-state index in [0.717, 1.165) is 23.4 Å². The average molecular weight is 393 g/mol. The Labute approximate surface area is 159 Å². The third-order valence-electron chi connectivity index (χ3n) is 4.10. The minimum Gasteiger partial charge on any atom is -0.373 e. The second-order valence-corrected chi connectivity index (χ2v) is 7.47. The van der Waals surface area contributed by atoms with E-state index in [1.165, 1.54) is 17.8 Å². The lowest BCUT2D eigenvalue weighted by Crippen LogP contribution is -2.34. The van der Waals surface area contributed by atoms with Crippen molar-refractivity contribution in [3.05, 3.63) is 59.7 Å². The first-order valence-corrected chi connectivity index (χ1v) is 9.11. The Kier molecular flexibility index (Phi) is 5.46. The van der Waals surface area contributed by atoms with Gasteiger partial charge < -0.3 is 10.2 Å². The van der Waals surface area contributed by atoms with Gasteiger partial charge in [0.05, 0.1) is 11.3 Å². The largest absolute Gasteiger partial charge is 0.416 e. The van der Waals surface area contributed by atoms with Crippen molar-refractivity contribution in [3.8, 4) is 0 Å². The van der Waals surface area contributed by atoms with Crippen LogP contribution >= 0.6 is 11.8 Å². The number of hydrogen-bond acceptors (Lipinski definition) is 4. The van der Waals surface area contributed by atoms with Crippen LogP contribution in [0.1, 0.15) is 11.1 Å². The van der Waals surface area contributed by atoms with Gasteiger partial charge in [0.25, 0.3) is 0 Å². The first-order chi connectivity index (χ1) is 12.7. The van der Waals surface area contributed by atoms with Crippen LogP contribution < -0.4 is 10.2 Å². The lowest BCUT2D eigenvalue weighted by Gasteiger charge is -2.22. The van der Waals surface area contributed by atoms with Crippen LogP contribution in [-0.4, -0.2) is 29.9 Å². The average Bonchev–Trinajstić information content (AvgIpc) is 2.95. The van der Waals surface area contributed by atoms with E-state index in [1.807, 2.05) is 31.2 Å². The number of nitrogens with one attached hydrogen (secondary N) is 1. The Morgan fingerprint density at radius 1 is 1.19 bits per heavy atom. The molecule has 0 aliphatic carbocycles. The molecule has 27 heavy (non-hydrogen) atoms. The van der Waals surface area contributed by atoms with Crippen molar-refractivity contribution in [2.24, 2.45) is 4.99 Å². The molecule has 1 aliphatic rings. The summed E-state index contributed by atoms with van der Waals surface area (Å²) >= 11 is 1.28. The first-order valence-electron chi connectivity index (χ1n) is 8.23. The minimum atomic E-state index is -4.40. The van der Waals surface area contributed by atoms with Gasteiger partial charge in [-0.25, -0.2) is 4.99 Å². The van der Waals surface area contributed by atoms with Crippen molar-refractivity contribution in [1.82, 2.24) is 5.32 Å². The zero-order valence-electron chi connectivity index (χ0n) is 14.7. The topological polar surface area (TPSA) is 44.7 Å². The van der Waals surface area contributed by atoms with E-state index in [1.54, 1.807) is 18.0 Å². The highest BCUT2D eigenvalue weighted by atomic mass is 32.2. The third-order valence-corrected chi connectivity index (χ3v) is 5.16. The normalized spacial score (nSPS) is 18.6. The van der Waals surface area contributed by atoms with E-state index < -0.39 is 17.0 Å². The summed E-state index contributed by atoms with van der Waals surface area (Å²) < 4.78 is 38.6. The molecule has 3 rings (SSSR count). The fraction of sp³-hybridized carbons (Fsp3) is 0.263. The summed E-state index contributed by atoms with van der Waals surface area (Å²) in [6.45, 7) is 2.24. The van der Waals surface area contributed by atoms with Gasteiger partial charge in [-0.3, -0.25) is 4.79 Å². The number of thioether (sulfide) groups is 1. The van der Waals surface area contributed by atoms with Crippen LogP contribution in [0.5, 0.6) is 0 Å². The first kappa shape index (κ1) is 19.3. The number of anilines is 1. The molecule has 1 amide bonds. The number of rotatable bonds is 4. The maximum atomic E-state index is 12.9. The number of aliphatic imine (C=N–C) groups is 1. The van der Waals surface area contributed by atoms with Crippen LogP contribution in [0.2, 0.25) is 0 Å². The molecule has 1 aliphatic heterocycles. The molecule has 2 aromatic carbocycles. The molecular formula is C19H18F3N3OS. The summed E-state index contributed by atoms with van der Waals surface area (Å²) in [6.07, 6.45) is -4.40. The lowest BCUT2D eigenvalue weighted by atomic mass is 10.2. The van der Waals surface area contributed by atoms with E-state index in [2.05, 4.69) is 10.3 Å². The van der Waals surface area contributed by atoms with E-state index in [9.17, 15) is 18.0 Å². The molecule has 2 aromatic rings. The Balaban J connectivity index is 1.69. The van der Waals surface area contributed by atoms with Crippen LogP contribution in [0.3, 0.4) is 0 Å². The predicted octanol–water partition coefficient (Wildman–Crippen LogP) is 4.37. The number of amidine groups is 1. The van der Waals surface area contributed by atoms with Crippen LogP contribution in [0.4, 0.5) is 24.5 Å². The fourth-order valence-corrected chi connectivity index (χ4v) is 3.64. The molecule has 1 heterocycles. The number of benzene rings is 2. The number of alkyl halides is 3. The quantitative estimate of drug-likeness (QED) is 0.839. The van der Waals surface area contributed by atoms with Gasteiger partial charge in [0.1, 0.15) is 5.25 Å². The number of nitrogens with zero attached hydrogens (tertiary/aromatic N) is 2. The molecule has 0 saturated carbocycles. The van der Waals surface area contributed by atoms with Crippen molar-refractivity contribution >= 4 is 34.2 Å². The zero-order valence-corrected chi connectivity index (χ0v) is 15.6. The van der Waals surface area contributed by atoms with E-state index in [-0.39, 0.29) is 12.5 Å². The van der Waals surface area contributed by atoms with Gasteiger partial charge in [0.2, 0.25) is 5.91 Å². The second-order valence-electron chi connectivity index (χ2n) is 6.28. The van der Waals surface area contributed by atoms with E-state index >= 15 is 0 Å². The van der Waals surface area contributed by atoms with Gasteiger partial charge >= 0.3 is 6.18 Å². The lowest BCUT2D eigenvalue weighted by molar-refractivity contribution is -0.137. The van der Waals surface area contributed by atoms with Crippen molar-refractivity contribution < 1.29 is 18.0 Å². The smallest absolute Gasteiger partial charge is 0.373 e. The highest BCUT2D eigenvalue weighted by Gasteiger charge is 2.33. The predicted molar refractivity (Wildman–Crippen MR) is 103 cm³/mol. The third kappa shape index (κ3) is 4.82. The van der Waals surface area contributed by atoms with Crippen molar-refractivity contribution in [2.75, 3.05) is 18.5 Å². The molecule has 1 fully saturated rings. The number of aryl methyl sites for hydroxylation is 1. The minimum absolute atomic E-state index is 0.204. The molecule has 4 nitrogen and oxygen atoms in total. The van der Waals surface area contributed by atoms with Gasteiger partial charge in [-0.1, -0.05) is 35.5 Å². The molecule has 1 saturated heterocycles. The molecule has 1 unspecified atom stereocenters. The molecule has 142 valence electrons. The van der Waals surface area contributed by atoms with Crippen LogP contribution in [0.25, 0.3) is 0 Å². The molecule has 8 heteroatoms. The monoisotopic (exact) mass is 393 g/mol. The Bertz CT molecular complexity index is 865. The van der Waals surface area contributed by atoms with E-state index in [4.69, 9.17) is 0 Å². The Hall–Kier alpha value is -2.48. The standard InChI is InChI=1S/C19H18F3N3OS/c1-12-6-8-14(9-7-12)23-18-24-17(26)16(27-18)11-25(2)15-5-3-4-13(10-15)19(20,21)22/h3-10,16H,11H2,1-2H3,(H,23,24,26). The summed E-state index contributed by atoms with van der Waals surface area (Å²) in [6, 6.07) is 12.6. The molecular weight excluding hydrogens is 375 g/mol. The molecule has 1 N–H and O–H groups in total. The molecule has 0 aromatic heterocycles. The fourth-order valence-electron chi connectivity index (χ4n) is 2.59. The van der Waals surface area contributed by atoms with Gasteiger partial charge in [-0.15, -0.1) is 0 Å². The molecule has 0 radical (unpaired) electrons. The number of carbonyl (C=O) groups is 1. The van der Waals surface area contributed by atoms with E-state index in [0.29, 0.717) is 10.9 Å². The van der Waals surface area contributed by atoms with Crippen molar-refractivity contribution in [1.29, 1.82) is 0 Å². The number of amides is 1. The SMILES string of the molecule is Cc1ccc(N=C2NC(=O)C(CN(C)c3cccc(C(F)(F)F)c3)S2)cc1. The second kappa shape index (κ2) is 7.64. The molecule has 0 bridgehead atoms. The highest BCUT2D eigenvalue weighted by Crippen LogP contribution is 2.32. The summed E-state index contributed by atoms with van der Waals surface area (Å²) in [5.41, 5.74) is 1.54. The summed E-state index contributed by atoms with van der Waals surface area (Å²) in [5.74, 6) is -0.204. The number of hydrogen-bond donors (Lipinski definition) is 1. The van der Waals surface area contributed by atoms with Crippen molar-refractivity contribution in [2.45, 2.75) is 18.3 Å². The maximum absolute atomic E-state index is 12.9. The van der Waals surface area contributed by atoms with Crippen LogP contribution in [0, 0.1) is 6.92 Å². The van der Waals surface area contributed by atoms with Gasteiger partial charge in [-0.05, 0) is 37.3 Å². The van der Waals surface area contributed by atoms with Crippen LogP contribution in [-0.2, 0) is 11.0 Å². The van der Waals surface area contributed by atoms with Gasteiger partial charge in [-0.2, -0.15) is 13.2 Å². The number of halogens is 3. The summed E-state index contributed by atoms with van der Waals surface area (Å²) in [7, 11) is 1.67. The number of carbonyl (C=O) groups excluding carboxylic acids is 1. The van der Waals surface area contributed by atoms with Gasteiger partial charge in [0, 0.05) is 19.3 Å². The summed E-state index contributed by atoms with van der Waals surface area (Å²) in [5, 5.41) is 2.77. The summed E-state index contributed by atoms with van der Waals surface area (Å²) in [4.78, 5) is 18.2. The van der Waals surface area contributed by atoms with Gasteiger partial charge in [0.15, 0.2) is 5.17 Å². The molecule has 0 spiro atoms.